The summed E-state index contributed by atoms with van der Waals surface area (Å²) in [5.41, 5.74) is 0.569. The second-order valence-corrected chi connectivity index (χ2v) is 4.92. The lowest BCUT2D eigenvalue weighted by molar-refractivity contribution is 0.168. The summed E-state index contributed by atoms with van der Waals surface area (Å²) in [4.78, 5) is 0. The highest BCUT2D eigenvalue weighted by molar-refractivity contribution is 4.86. The van der Waals surface area contributed by atoms with Crippen molar-refractivity contribution < 1.29 is 0 Å². The minimum atomic E-state index is 0.569. The molecule has 1 N–H and O–H groups in total. The first-order valence-electron chi connectivity index (χ1n) is 5.87. The lowest BCUT2D eigenvalue weighted by Gasteiger charge is -2.35. The Morgan fingerprint density at radius 1 is 1.31 bits per heavy atom. The fourth-order valence-corrected chi connectivity index (χ4v) is 3.03. The molecular formula is C12H25N. The zero-order valence-electron chi connectivity index (χ0n) is 9.53. The van der Waals surface area contributed by atoms with E-state index in [9.17, 15) is 0 Å². The zero-order chi connectivity index (χ0) is 9.73. The fourth-order valence-electron chi connectivity index (χ4n) is 3.03. The van der Waals surface area contributed by atoms with Crippen molar-refractivity contribution in [1.29, 1.82) is 0 Å². The Hall–Kier alpha value is -0.0400. The summed E-state index contributed by atoms with van der Waals surface area (Å²) < 4.78 is 0. The summed E-state index contributed by atoms with van der Waals surface area (Å²) >= 11 is 0. The quantitative estimate of drug-likeness (QED) is 0.690. The van der Waals surface area contributed by atoms with Crippen molar-refractivity contribution in [3.63, 3.8) is 0 Å². The van der Waals surface area contributed by atoms with Gasteiger partial charge in [-0.3, -0.25) is 0 Å². The number of rotatable bonds is 5. The van der Waals surface area contributed by atoms with Gasteiger partial charge >= 0.3 is 0 Å². The van der Waals surface area contributed by atoms with E-state index in [2.05, 4.69) is 26.2 Å². The second-order valence-electron chi connectivity index (χ2n) is 4.92. The Bertz CT molecular complexity index is 130. The van der Waals surface area contributed by atoms with Gasteiger partial charge in [0.05, 0.1) is 0 Å². The molecule has 0 saturated heterocycles. The highest BCUT2D eigenvalue weighted by atomic mass is 14.8. The third-order valence-corrected chi connectivity index (χ3v) is 3.74. The topological polar surface area (TPSA) is 12.0 Å². The van der Waals surface area contributed by atoms with Crippen LogP contribution in [0.25, 0.3) is 0 Å². The molecule has 0 aliphatic heterocycles. The molecule has 0 amide bonds. The molecule has 0 bridgehead atoms. The first-order valence-corrected chi connectivity index (χ1v) is 5.87. The summed E-state index contributed by atoms with van der Waals surface area (Å²) in [6.45, 7) is 5.98. The van der Waals surface area contributed by atoms with Crippen molar-refractivity contribution >= 4 is 0 Å². The van der Waals surface area contributed by atoms with Gasteiger partial charge < -0.3 is 5.32 Å². The Balaban J connectivity index is 2.52. The van der Waals surface area contributed by atoms with E-state index in [-0.39, 0.29) is 0 Å². The molecule has 1 aliphatic rings. The summed E-state index contributed by atoms with van der Waals surface area (Å²) in [7, 11) is 2.09. The maximum atomic E-state index is 3.37. The van der Waals surface area contributed by atoms with Crippen molar-refractivity contribution in [3.8, 4) is 0 Å². The first-order chi connectivity index (χ1) is 6.23. The summed E-state index contributed by atoms with van der Waals surface area (Å²) in [5, 5.41) is 3.37. The molecule has 0 aromatic rings. The molecule has 0 heterocycles. The van der Waals surface area contributed by atoms with Crippen LogP contribution in [-0.4, -0.2) is 13.6 Å². The van der Waals surface area contributed by atoms with Gasteiger partial charge in [-0.05, 0) is 37.6 Å². The molecule has 1 aliphatic carbocycles. The van der Waals surface area contributed by atoms with Gasteiger partial charge in [-0.15, -0.1) is 0 Å². The van der Waals surface area contributed by atoms with E-state index in [0.717, 1.165) is 5.92 Å². The zero-order valence-corrected chi connectivity index (χ0v) is 9.53. The normalized spacial score (nSPS) is 23.3. The van der Waals surface area contributed by atoms with Gasteiger partial charge in [0, 0.05) is 6.54 Å². The predicted molar refractivity (Wildman–Crippen MR) is 58.9 cm³/mol. The van der Waals surface area contributed by atoms with Crippen LogP contribution in [-0.2, 0) is 0 Å². The van der Waals surface area contributed by atoms with Crippen LogP contribution in [0.4, 0.5) is 0 Å². The molecule has 0 radical (unpaired) electrons. The van der Waals surface area contributed by atoms with Crippen LogP contribution in [0.3, 0.4) is 0 Å². The maximum absolute atomic E-state index is 3.37. The van der Waals surface area contributed by atoms with Crippen LogP contribution in [0.2, 0.25) is 0 Å². The largest absolute Gasteiger partial charge is 0.319 e. The molecule has 1 rings (SSSR count). The smallest absolute Gasteiger partial charge is 0.000481 e. The average Bonchev–Trinajstić information content (AvgIpc) is 2.57. The Morgan fingerprint density at radius 2 is 1.92 bits per heavy atom. The van der Waals surface area contributed by atoms with E-state index in [0.29, 0.717) is 5.41 Å². The predicted octanol–water partition coefficient (Wildman–Crippen LogP) is 3.20. The van der Waals surface area contributed by atoms with Gasteiger partial charge in [-0.1, -0.05) is 33.1 Å². The van der Waals surface area contributed by atoms with Crippen molar-refractivity contribution in [3.05, 3.63) is 0 Å². The van der Waals surface area contributed by atoms with E-state index in [4.69, 9.17) is 0 Å². The van der Waals surface area contributed by atoms with Crippen molar-refractivity contribution in [2.24, 2.45) is 11.3 Å². The molecule has 13 heavy (non-hydrogen) atoms. The van der Waals surface area contributed by atoms with Gasteiger partial charge in [0.15, 0.2) is 0 Å². The van der Waals surface area contributed by atoms with Crippen LogP contribution in [0.1, 0.15) is 52.4 Å². The van der Waals surface area contributed by atoms with Crippen molar-refractivity contribution in [2.45, 2.75) is 52.4 Å². The van der Waals surface area contributed by atoms with Crippen LogP contribution >= 0.6 is 0 Å². The molecule has 78 valence electrons. The van der Waals surface area contributed by atoms with E-state index < -0.39 is 0 Å². The van der Waals surface area contributed by atoms with Crippen LogP contribution in [0.5, 0.6) is 0 Å². The van der Waals surface area contributed by atoms with Gasteiger partial charge in [0.2, 0.25) is 0 Å². The Morgan fingerprint density at radius 3 is 2.38 bits per heavy atom. The number of hydrogen-bond donors (Lipinski definition) is 1. The van der Waals surface area contributed by atoms with Crippen LogP contribution in [0, 0.1) is 11.3 Å². The van der Waals surface area contributed by atoms with Gasteiger partial charge in [-0.25, -0.2) is 0 Å². The highest BCUT2D eigenvalue weighted by Gasteiger charge is 2.34. The van der Waals surface area contributed by atoms with E-state index in [1.165, 1.54) is 45.1 Å². The fraction of sp³-hybridized carbons (Fsp3) is 1.00. The molecule has 1 atom stereocenters. The van der Waals surface area contributed by atoms with E-state index in [1.54, 1.807) is 0 Å². The maximum Gasteiger partial charge on any atom is 0.000481 e. The third kappa shape index (κ3) is 2.70. The third-order valence-electron chi connectivity index (χ3n) is 3.74. The number of hydrogen-bond acceptors (Lipinski definition) is 1. The van der Waals surface area contributed by atoms with Crippen molar-refractivity contribution in [1.82, 2.24) is 5.32 Å². The summed E-state index contributed by atoms with van der Waals surface area (Å²) in [6.07, 6.45) is 8.59. The summed E-state index contributed by atoms with van der Waals surface area (Å²) in [5.74, 6) is 0.986. The Labute approximate surface area is 83.3 Å². The van der Waals surface area contributed by atoms with Crippen LogP contribution in [0.15, 0.2) is 0 Å². The minimum Gasteiger partial charge on any atom is -0.319 e. The molecule has 1 heteroatoms. The minimum absolute atomic E-state index is 0.569. The molecule has 1 saturated carbocycles. The van der Waals surface area contributed by atoms with Gasteiger partial charge in [0.1, 0.15) is 0 Å². The lowest BCUT2D eigenvalue weighted by Crippen LogP contribution is -2.35. The molecule has 1 nitrogen and oxygen atoms in total. The highest BCUT2D eigenvalue weighted by Crippen LogP contribution is 2.42. The van der Waals surface area contributed by atoms with Crippen LogP contribution < -0.4 is 5.32 Å². The molecular weight excluding hydrogens is 158 g/mol. The summed E-state index contributed by atoms with van der Waals surface area (Å²) in [6, 6.07) is 0. The van der Waals surface area contributed by atoms with E-state index >= 15 is 0 Å². The SMILES string of the molecule is CCCC(C)(CNC)C1CCCC1. The first kappa shape index (κ1) is 11.0. The average molecular weight is 183 g/mol. The molecule has 1 unspecified atom stereocenters. The van der Waals surface area contributed by atoms with E-state index in [1.807, 2.05) is 0 Å². The van der Waals surface area contributed by atoms with Gasteiger partial charge in [0.25, 0.3) is 0 Å². The Kier molecular flexibility index (Phi) is 4.24. The van der Waals surface area contributed by atoms with Gasteiger partial charge in [-0.2, -0.15) is 0 Å². The molecule has 0 spiro atoms. The molecule has 0 aromatic heterocycles. The van der Waals surface area contributed by atoms with Crippen molar-refractivity contribution in [2.75, 3.05) is 13.6 Å². The standard InChI is InChI=1S/C12H25N/c1-4-9-12(2,10-13-3)11-7-5-6-8-11/h11,13H,4-10H2,1-3H3. The molecule has 1 fully saturated rings. The monoisotopic (exact) mass is 183 g/mol. The lowest BCUT2D eigenvalue weighted by atomic mass is 9.73. The molecule has 0 aromatic carbocycles. The number of nitrogens with one attached hydrogen (secondary N) is 1. The second kappa shape index (κ2) is 4.99.